The molecule has 26 heavy (non-hydrogen) atoms. The highest BCUT2D eigenvalue weighted by molar-refractivity contribution is 6.08. The molecule has 1 aromatic rings. The Kier molecular flexibility index (Phi) is 5.68. The number of rotatable bonds is 6. The number of morpholine rings is 1. The van der Waals surface area contributed by atoms with Crippen LogP contribution in [0.5, 0.6) is 0 Å². The van der Waals surface area contributed by atoms with E-state index >= 15 is 0 Å². The third-order valence-corrected chi connectivity index (χ3v) is 4.85. The van der Waals surface area contributed by atoms with Gasteiger partial charge in [0.1, 0.15) is 5.82 Å². The monoisotopic (exact) mass is 362 g/mol. The Balaban J connectivity index is 1.76. The maximum absolute atomic E-state index is 13.3. The number of nitrogens with zero attached hydrogens (tertiary/aromatic N) is 2. The third-order valence-electron chi connectivity index (χ3n) is 4.85. The Morgan fingerprint density at radius 2 is 1.88 bits per heavy atom. The smallest absolute Gasteiger partial charge is 0.290 e. The van der Waals surface area contributed by atoms with Gasteiger partial charge in [0.25, 0.3) is 5.91 Å². The molecule has 3 rings (SSSR count). The fourth-order valence-electron chi connectivity index (χ4n) is 3.52. The first kappa shape index (κ1) is 18.5. The van der Waals surface area contributed by atoms with Crippen LogP contribution in [0.15, 0.2) is 35.6 Å². The van der Waals surface area contributed by atoms with E-state index in [-0.39, 0.29) is 11.4 Å². The summed E-state index contributed by atoms with van der Waals surface area (Å²) in [5.41, 5.74) is 0.688. The molecule has 0 saturated carbocycles. The van der Waals surface area contributed by atoms with Gasteiger partial charge in [0.15, 0.2) is 11.5 Å². The molecule has 1 fully saturated rings. The van der Waals surface area contributed by atoms with Crippen molar-refractivity contribution in [2.75, 3.05) is 39.4 Å². The zero-order valence-corrected chi connectivity index (χ0v) is 14.8. The number of hydrogen-bond donors (Lipinski definition) is 1. The highest BCUT2D eigenvalue weighted by Gasteiger charge is 2.42. The first-order valence-electron chi connectivity index (χ1n) is 8.79. The standard InChI is InChI=1S/C19H23FN2O4/c1-13(23)16-17(14-3-5-15(20)6-4-14)22(19(25)18(16)24)8-2-7-21-9-11-26-12-10-21/h3-6,17,24H,2,7-12H2,1H3/t17-/m0/s1. The number of aliphatic hydroxyl groups is 1. The van der Waals surface area contributed by atoms with Crippen molar-refractivity contribution in [3.63, 3.8) is 0 Å². The largest absolute Gasteiger partial charge is 0.503 e. The molecular weight excluding hydrogens is 339 g/mol. The molecule has 0 aliphatic carbocycles. The highest BCUT2D eigenvalue weighted by Crippen LogP contribution is 2.37. The summed E-state index contributed by atoms with van der Waals surface area (Å²) in [4.78, 5) is 28.3. The number of carbonyl (C=O) groups excluding carboxylic acids is 2. The van der Waals surface area contributed by atoms with Crippen molar-refractivity contribution < 1.29 is 23.8 Å². The van der Waals surface area contributed by atoms with Gasteiger partial charge in [-0.1, -0.05) is 12.1 Å². The molecule has 0 unspecified atom stereocenters. The molecule has 140 valence electrons. The van der Waals surface area contributed by atoms with E-state index in [1.807, 2.05) is 0 Å². The number of amides is 1. The number of Topliss-reactive ketones (excluding diaryl/α,β-unsaturated/α-hetero) is 1. The Bertz CT molecular complexity index is 711. The Morgan fingerprint density at radius 1 is 1.23 bits per heavy atom. The van der Waals surface area contributed by atoms with E-state index < -0.39 is 23.5 Å². The predicted molar refractivity (Wildman–Crippen MR) is 93.1 cm³/mol. The van der Waals surface area contributed by atoms with Crippen molar-refractivity contribution in [2.45, 2.75) is 19.4 Å². The Labute approximate surface area is 151 Å². The van der Waals surface area contributed by atoms with Crippen LogP contribution in [0.4, 0.5) is 4.39 Å². The molecule has 6 nitrogen and oxygen atoms in total. The molecule has 1 amide bonds. The van der Waals surface area contributed by atoms with Gasteiger partial charge in [-0.2, -0.15) is 0 Å². The van der Waals surface area contributed by atoms with Gasteiger partial charge in [-0.15, -0.1) is 0 Å². The minimum absolute atomic E-state index is 0.0768. The van der Waals surface area contributed by atoms with E-state index in [1.165, 1.54) is 24.0 Å². The lowest BCUT2D eigenvalue weighted by Crippen LogP contribution is -2.39. The second-order valence-electron chi connectivity index (χ2n) is 6.58. The summed E-state index contributed by atoms with van der Waals surface area (Å²) in [6.45, 7) is 5.66. The molecule has 2 heterocycles. The lowest BCUT2D eigenvalue weighted by atomic mass is 9.96. The van der Waals surface area contributed by atoms with E-state index in [9.17, 15) is 19.1 Å². The van der Waals surface area contributed by atoms with Gasteiger partial charge in [-0.05, 0) is 31.0 Å². The van der Waals surface area contributed by atoms with Crippen LogP contribution in [0, 0.1) is 5.82 Å². The van der Waals surface area contributed by atoms with E-state index in [4.69, 9.17) is 4.74 Å². The van der Waals surface area contributed by atoms with Crippen LogP contribution in [-0.4, -0.2) is 66.0 Å². The van der Waals surface area contributed by atoms with Gasteiger partial charge >= 0.3 is 0 Å². The molecule has 0 aromatic heterocycles. The van der Waals surface area contributed by atoms with Gasteiger partial charge in [0.05, 0.1) is 24.8 Å². The van der Waals surface area contributed by atoms with Crippen LogP contribution in [0.2, 0.25) is 0 Å². The zero-order chi connectivity index (χ0) is 18.7. The van der Waals surface area contributed by atoms with Crippen LogP contribution in [0.25, 0.3) is 0 Å². The summed E-state index contributed by atoms with van der Waals surface area (Å²) in [5.74, 6) is -1.81. The second kappa shape index (κ2) is 7.97. The molecule has 2 aliphatic rings. The van der Waals surface area contributed by atoms with Gasteiger partial charge in [0, 0.05) is 26.2 Å². The van der Waals surface area contributed by atoms with Crippen molar-refractivity contribution in [2.24, 2.45) is 0 Å². The average Bonchev–Trinajstić information content (AvgIpc) is 2.88. The number of halogens is 1. The summed E-state index contributed by atoms with van der Waals surface area (Å²) < 4.78 is 18.6. The fraction of sp³-hybridized carbons (Fsp3) is 0.474. The maximum Gasteiger partial charge on any atom is 0.290 e. The Morgan fingerprint density at radius 3 is 2.50 bits per heavy atom. The maximum atomic E-state index is 13.3. The second-order valence-corrected chi connectivity index (χ2v) is 6.58. The van der Waals surface area contributed by atoms with Crippen molar-refractivity contribution >= 4 is 11.7 Å². The third kappa shape index (κ3) is 3.78. The molecule has 1 atom stereocenters. The van der Waals surface area contributed by atoms with Crippen molar-refractivity contribution in [1.29, 1.82) is 0 Å². The molecule has 0 bridgehead atoms. The first-order valence-corrected chi connectivity index (χ1v) is 8.79. The molecule has 1 N–H and O–H groups in total. The summed E-state index contributed by atoms with van der Waals surface area (Å²) in [6.07, 6.45) is 0.710. The van der Waals surface area contributed by atoms with Crippen LogP contribution in [0.3, 0.4) is 0 Å². The number of carbonyl (C=O) groups is 2. The molecule has 0 radical (unpaired) electrons. The van der Waals surface area contributed by atoms with Gasteiger partial charge in [-0.3, -0.25) is 14.5 Å². The molecule has 7 heteroatoms. The average molecular weight is 362 g/mol. The summed E-state index contributed by atoms with van der Waals surface area (Å²) in [6, 6.07) is 5.00. The lowest BCUT2D eigenvalue weighted by molar-refractivity contribution is -0.129. The topological polar surface area (TPSA) is 70.1 Å². The van der Waals surface area contributed by atoms with Crippen LogP contribution < -0.4 is 0 Å². The number of aliphatic hydroxyl groups excluding tert-OH is 1. The number of hydrogen-bond acceptors (Lipinski definition) is 5. The number of ether oxygens (including phenoxy) is 1. The minimum Gasteiger partial charge on any atom is -0.503 e. The van der Waals surface area contributed by atoms with Gasteiger partial charge in [-0.25, -0.2) is 4.39 Å². The van der Waals surface area contributed by atoms with E-state index in [1.54, 1.807) is 12.1 Å². The van der Waals surface area contributed by atoms with Gasteiger partial charge < -0.3 is 14.7 Å². The summed E-state index contributed by atoms with van der Waals surface area (Å²) >= 11 is 0. The predicted octanol–water partition coefficient (Wildman–Crippen LogP) is 1.83. The molecule has 1 saturated heterocycles. The van der Waals surface area contributed by atoms with E-state index in [2.05, 4.69) is 4.90 Å². The fourth-order valence-corrected chi connectivity index (χ4v) is 3.52. The normalized spacial score (nSPS) is 21.5. The zero-order valence-electron chi connectivity index (χ0n) is 14.8. The van der Waals surface area contributed by atoms with E-state index in [0.29, 0.717) is 31.7 Å². The van der Waals surface area contributed by atoms with Crippen LogP contribution in [-0.2, 0) is 14.3 Å². The van der Waals surface area contributed by atoms with Crippen LogP contribution >= 0.6 is 0 Å². The van der Waals surface area contributed by atoms with Crippen molar-refractivity contribution in [1.82, 2.24) is 9.80 Å². The SMILES string of the molecule is CC(=O)C1=C(O)C(=O)N(CCCN2CCOCC2)[C@H]1c1ccc(F)cc1. The molecular formula is C19H23FN2O4. The molecule has 0 spiro atoms. The van der Waals surface area contributed by atoms with E-state index in [0.717, 1.165) is 19.6 Å². The molecule has 2 aliphatic heterocycles. The molecule has 1 aromatic carbocycles. The number of ketones is 1. The first-order chi connectivity index (χ1) is 12.5. The summed E-state index contributed by atoms with van der Waals surface area (Å²) in [7, 11) is 0. The van der Waals surface area contributed by atoms with Crippen molar-refractivity contribution in [3.8, 4) is 0 Å². The number of benzene rings is 1. The van der Waals surface area contributed by atoms with Crippen molar-refractivity contribution in [3.05, 3.63) is 47.0 Å². The van der Waals surface area contributed by atoms with Gasteiger partial charge in [0.2, 0.25) is 0 Å². The van der Waals surface area contributed by atoms with Crippen LogP contribution in [0.1, 0.15) is 24.9 Å². The lowest BCUT2D eigenvalue weighted by Gasteiger charge is -2.29. The summed E-state index contributed by atoms with van der Waals surface area (Å²) in [5, 5.41) is 10.2. The quantitative estimate of drug-likeness (QED) is 0.836. The Hall–Kier alpha value is -2.25. The minimum atomic E-state index is -0.676. The highest BCUT2D eigenvalue weighted by atomic mass is 19.1.